The molecule has 0 aliphatic heterocycles. The van der Waals surface area contributed by atoms with Crippen molar-refractivity contribution in [2.75, 3.05) is 5.73 Å². The van der Waals surface area contributed by atoms with E-state index in [1.807, 2.05) is 18.2 Å². The quantitative estimate of drug-likeness (QED) is 0.722. The Morgan fingerprint density at radius 1 is 1.20 bits per heavy atom. The minimum Gasteiger partial charge on any atom is -0.461 e. The lowest BCUT2D eigenvalue weighted by atomic mass is 9.97. The Morgan fingerprint density at radius 3 is 2.56 bits per heavy atom. The molecule has 1 aliphatic carbocycles. The molecule has 1 amide bonds. The second kappa shape index (κ2) is 7.83. The average Bonchev–Trinajstić information content (AvgIpc) is 3.07. The number of nitrogens with one attached hydrogen (secondary N) is 2. The summed E-state index contributed by atoms with van der Waals surface area (Å²) in [7, 11) is 0. The van der Waals surface area contributed by atoms with Crippen LogP contribution in [-0.2, 0) is 9.53 Å². The van der Waals surface area contributed by atoms with E-state index in [2.05, 4.69) is 15.5 Å². The number of nitrogens with zero attached hydrogens (tertiary/aromatic N) is 1. The van der Waals surface area contributed by atoms with Gasteiger partial charge in [-0.1, -0.05) is 36.8 Å². The summed E-state index contributed by atoms with van der Waals surface area (Å²) in [6, 6.07) is 8.16. The second-order valence-corrected chi connectivity index (χ2v) is 6.21. The van der Waals surface area contributed by atoms with Gasteiger partial charge >= 0.3 is 5.97 Å². The van der Waals surface area contributed by atoms with Crippen LogP contribution in [0.15, 0.2) is 36.5 Å². The van der Waals surface area contributed by atoms with Crippen LogP contribution in [0.25, 0.3) is 0 Å². The molecule has 25 heavy (non-hydrogen) atoms. The molecular formula is C18H22N4O3. The first-order valence-corrected chi connectivity index (χ1v) is 8.50. The summed E-state index contributed by atoms with van der Waals surface area (Å²) in [4.78, 5) is 25.2. The van der Waals surface area contributed by atoms with Crippen molar-refractivity contribution in [2.24, 2.45) is 0 Å². The molecule has 4 N–H and O–H groups in total. The van der Waals surface area contributed by atoms with Gasteiger partial charge < -0.3 is 15.8 Å². The molecule has 1 aromatic carbocycles. The Morgan fingerprint density at radius 2 is 1.92 bits per heavy atom. The van der Waals surface area contributed by atoms with Crippen molar-refractivity contribution in [1.29, 1.82) is 0 Å². The van der Waals surface area contributed by atoms with Crippen LogP contribution in [0, 0.1) is 0 Å². The maximum atomic E-state index is 12.7. The third-order valence-corrected chi connectivity index (χ3v) is 4.39. The Balaban J connectivity index is 1.76. The molecule has 7 heteroatoms. The van der Waals surface area contributed by atoms with Gasteiger partial charge in [-0.15, -0.1) is 0 Å². The third kappa shape index (κ3) is 4.17. The van der Waals surface area contributed by atoms with E-state index in [0.29, 0.717) is 5.56 Å². The van der Waals surface area contributed by atoms with Gasteiger partial charge in [-0.2, -0.15) is 5.10 Å². The van der Waals surface area contributed by atoms with Crippen molar-refractivity contribution in [1.82, 2.24) is 15.5 Å². The molecule has 2 aromatic rings. The van der Waals surface area contributed by atoms with Crippen molar-refractivity contribution >= 4 is 17.7 Å². The molecule has 1 saturated carbocycles. The van der Waals surface area contributed by atoms with E-state index in [1.54, 1.807) is 12.1 Å². The zero-order valence-corrected chi connectivity index (χ0v) is 13.9. The highest BCUT2D eigenvalue weighted by Crippen LogP contribution is 2.23. The Kier molecular flexibility index (Phi) is 5.33. The van der Waals surface area contributed by atoms with Crippen molar-refractivity contribution in [3.63, 3.8) is 0 Å². The average molecular weight is 342 g/mol. The molecule has 0 radical (unpaired) electrons. The lowest BCUT2D eigenvalue weighted by molar-refractivity contribution is -0.153. The first-order chi connectivity index (χ1) is 12.1. The third-order valence-electron chi connectivity index (χ3n) is 4.39. The standard InChI is InChI=1S/C18H22N4O3/c19-16-14(11-20-22-16)17(23)21-15(12-7-3-1-4-8-12)18(24)25-13-9-5-2-6-10-13/h1,3-4,7-8,11,13,15H,2,5-6,9-10H2,(H,21,23)(H3,19,20,22). The lowest BCUT2D eigenvalue weighted by Crippen LogP contribution is -2.37. The number of hydrogen-bond acceptors (Lipinski definition) is 5. The summed E-state index contributed by atoms with van der Waals surface area (Å²) in [6.07, 6.45) is 6.29. The SMILES string of the molecule is Nc1[nH]ncc1C(=O)NC(C(=O)OC1CCCCC1)c1ccccc1. The number of esters is 1. The van der Waals surface area contributed by atoms with Crippen molar-refractivity contribution in [3.05, 3.63) is 47.7 Å². The van der Waals surface area contributed by atoms with Crippen LogP contribution in [0.2, 0.25) is 0 Å². The molecule has 0 bridgehead atoms. The molecule has 1 fully saturated rings. The van der Waals surface area contributed by atoms with Gasteiger partial charge in [-0.05, 0) is 31.2 Å². The lowest BCUT2D eigenvalue weighted by Gasteiger charge is -2.25. The highest BCUT2D eigenvalue weighted by molar-refractivity contribution is 6.00. The number of ether oxygens (including phenoxy) is 1. The van der Waals surface area contributed by atoms with E-state index in [1.165, 1.54) is 12.6 Å². The van der Waals surface area contributed by atoms with Gasteiger partial charge in [0.15, 0.2) is 6.04 Å². The van der Waals surface area contributed by atoms with Crippen LogP contribution in [0.3, 0.4) is 0 Å². The number of rotatable bonds is 5. The molecule has 1 aromatic heterocycles. The minimum atomic E-state index is -0.884. The predicted octanol–water partition coefficient (Wildman–Crippen LogP) is 2.34. The fourth-order valence-corrected chi connectivity index (χ4v) is 3.03. The Bertz CT molecular complexity index is 723. The van der Waals surface area contributed by atoms with E-state index < -0.39 is 17.9 Å². The largest absolute Gasteiger partial charge is 0.461 e. The van der Waals surface area contributed by atoms with E-state index in [4.69, 9.17) is 10.5 Å². The van der Waals surface area contributed by atoms with Crippen molar-refractivity contribution < 1.29 is 14.3 Å². The van der Waals surface area contributed by atoms with Crippen molar-refractivity contribution in [2.45, 2.75) is 44.2 Å². The van der Waals surface area contributed by atoms with E-state index in [9.17, 15) is 9.59 Å². The molecule has 132 valence electrons. The summed E-state index contributed by atoms with van der Waals surface area (Å²) in [6.45, 7) is 0. The predicted molar refractivity (Wildman–Crippen MR) is 92.6 cm³/mol. The second-order valence-electron chi connectivity index (χ2n) is 6.21. The number of benzene rings is 1. The zero-order chi connectivity index (χ0) is 17.6. The first kappa shape index (κ1) is 17.0. The van der Waals surface area contributed by atoms with Gasteiger partial charge in [0, 0.05) is 0 Å². The number of hydrogen-bond donors (Lipinski definition) is 3. The van der Waals surface area contributed by atoms with E-state index in [-0.39, 0.29) is 17.5 Å². The molecule has 0 spiro atoms. The highest BCUT2D eigenvalue weighted by atomic mass is 16.5. The summed E-state index contributed by atoms with van der Waals surface area (Å²) in [5.41, 5.74) is 6.55. The summed E-state index contributed by atoms with van der Waals surface area (Å²) >= 11 is 0. The fraction of sp³-hybridized carbons (Fsp3) is 0.389. The molecule has 1 aliphatic rings. The smallest absolute Gasteiger partial charge is 0.333 e. The van der Waals surface area contributed by atoms with Gasteiger partial charge in [0.1, 0.15) is 17.5 Å². The van der Waals surface area contributed by atoms with Gasteiger partial charge in [0.05, 0.1) is 6.20 Å². The maximum Gasteiger partial charge on any atom is 0.333 e. The number of aromatic nitrogens is 2. The molecule has 3 rings (SSSR count). The van der Waals surface area contributed by atoms with Crippen molar-refractivity contribution in [3.8, 4) is 0 Å². The van der Waals surface area contributed by atoms with Gasteiger partial charge in [0.2, 0.25) is 0 Å². The number of carbonyl (C=O) groups excluding carboxylic acids is 2. The number of nitrogen functional groups attached to an aromatic ring is 1. The van der Waals surface area contributed by atoms with Crippen LogP contribution in [0.4, 0.5) is 5.82 Å². The maximum absolute atomic E-state index is 12.7. The van der Waals surface area contributed by atoms with Crippen LogP contribution < -0.4 is 11.1 Å². The van der Waals surface area contributed by atoms with Gasteiger partial charge in [-0.3, -0.25) is 9.89 Å². The number of aromatic amines is 1. The molecule has 1 atom stereocenters. The van der Waals surface area contributed by atoms with Crippen LogP contribution in [0.1, 0.15) is 54.1 Å². The van der Waals surface area contributed by atoms with E-state index >= 15 is 0 Å². The topological polar surface area (TPSA) is 110 Å². The number of H-pyrrole nitrogens is 1. The highest BCUT2D eigenvalue weighted by Gasteiger charge is 2.28. The summed E-state index contributed by atoms with van der Waals surface area (Å²) in [5, 5.41) is 8.95. The van der Waals surface area contributed by atoms with E-state index in [0.717, 1.165) is 25.7 Å². The number of amides is 1. The zero-order valence-electron chi connectivity index (χ0n) is 13.9. The van der Waals surface area contributed by atoms with Gasteiger partial charge in [0.25, 0.3) is 5.91 Å². The Hall–Kier alpha value is -2.83. The van der Waals surface area contributed by atoms with Crippen LogP contribution in [-0.4, -0.2) is 28.2 Å². The number of anilines is 1. The molecular weight excluding hydrogens is 320 g/mol. The first-order valence-electron chi connectivity index (χ1n) is 8.50. The number of nitrogens with two attached hydrogens (primary N) is 1. The monoisotopic (exact) mass is 342 g/mol. The minimum absolute atomic E-state index is 0.0802. The molecule has 1 heterocycles. The Labute approximate surface area is 145 Å². The summed E-state index contributed by atoms with van der Waals surface area (Å²) in [5.74, 6) is -0.765. The molecule has 1 unspecified atom stereocenters. The molecule has 7 nitrogen and oxygen atoms in total. The number of carbonyl (C=O) groups is 2. The van der Waals surface area contributed by atoms with Crippen LogP contribution >= 0.6 is 0 Å². The van der Waals surface area contributed by atoms with Crippen LogP contribution in [0.5, 0.6) is 0 Å². The summed E-state index contributed by atoms with van der Waals surface area (Å²) < 4.78 is 5.65. The normalized spacial score (nSPS) is 16.2. The fourth-order valence-electron chi connectivity index (χ4n) is 3.03. The molecule has 0 saturated heterocycles. The van der Waals surface area contributed by atoms with Gasteiger partial charge in [-0.25, -0.2) is 4.79 Å².